The lowest BCUT2D eigenvalue weighted by Gasteiger charge is -2.04. The fraction of sp³-hybridized carbons (Fsp3) is 0.889. The number of rotatable bonds is 5. The monoisotopic (exact) mass is 172 g/mol. The second kappa shape index (κ2) is 4.45. The molecule has 0 bridgehead atoms. The predicted octanol–water partition coefficient (Wildman–Crippen LogP) is 1.36. The van der Waals surface area contributed by atoms with Gasteiger partial charge in [-0.2, -0.15) is 0 Å². The van der Waals surface area contributed by atoms with Gasteiger partial charge in [-0.05, 0) is 12.3 Å². The highest BCUT2D eigenvalue weighted by Gasteiger charge is 2.23. The molecule has 0 spiro atoms. The molecule has 70 valence electrons. The minimum absolute atomic E-state index is 0.0980. The first-order valence-corrected chi connectivity index (χ1v) is 4.45. The van der Waals surface area contributed by atoms with Gasteiger partial charge in [0, 0.05) is 6.42 Å². The smallest absolute Gasteiger partial charge is 0.305 e. The minimum Gasteiger partial charge on any atom is -0.463 e. The number of ether oxygens (including phenoxy) is 2. The Labute approximate surface area is 73.0 Å². The van der Waals surface area contributed by atoms with Crippen molar-refractivity contribution in [2.24, 2.45) is 5.92 Å². The van der Waals surface area contributed by atoms with Crippen LogP contribution in [0.4, 0.5) is 0 Å². The molecule has 0 saturated carbocycles. The zero-order valence-electron chi connectivity index (χ0n) is 7.71. The maximum absolute atomic E-state index is 11.0. The minimum atomic E-state index is -0.0980. The van der Waals surface area contributed by atoms with Crippen molar-refractivity contribution < 1.29 is 14.3 Å². The number of carbonyl (C=O) groups excluding carboxylic acids is 1. The molecule has 1 rings (SSSR count). The second-order valence-corrected chi connectivity index (χ2v) is 3.57. The zero-order chi connectivity index (χ0) is 8.97. The summed E-state index contributed by atoms with van der Waals surface area (Å²) in [7, 11) is 0. The highest BCUT2D eigenvalue weighted by molar-refractivity contribution is 5.69. The van der Waals surface area contributed by atoms with Gasteiger partial charge in [0.25, 0.3) is 0 Å². The fourth-order valence-electron chi connectivity index (χ4n) is 0.829. The van der Waals surface area contributed by atoms with Crippen molar-refractivity contribution >= 4 is 5.97 Å². The first-order valence-electron chi connectivity index (χ1n) is 4.45. The Balaban J connectivity index is 1.95. The van der Waals surface area contributed by atoms with Crippen molar-refractivity contribution in [1.82, 2.24) is 0 Å². The van der Waals surface area contributed by atoms with Crippen LogP contribution in [-0.4, -0.2) is 25.3 Å². The molecule has 0 N–H and O–H groups in total. The van der Waals surface area contributed by atoms with E-state index in [2.05, 4.69) is 13.8 Å². The maximum Gasteiger partial charge on any atom is 0.305 e. The molecule has 1 aliphatic rings. The largest absolute Gasteiger partial charge is 0.463 e. The van der Waals surface area contributed by atoms with Crippen molar-refractivity contribution in [3.63, 3.8) is 0 Å². The molecule has 1 unspecified atom stereocenters. The molecule has 0 aromatic carbocycles. The topological polar surface area (TPSA) is 38.8 Å². The molecule has 0 radical (unpaired) electrons. The van der Waals surface area contributed by atoms with E-state index in [1.165, 1.54) is 0 Å². The molecule has 0 aromatic heterocycles. The lowest BCUT2D eigenvalue weighted by Crippen LogP contribution is -2.10. The van der Waals surface area contributed by atoms with Crippen LogP contribution < -0.4 is 0 Å². The average Bonchev–Trinajstić information content (AvgIpc) is 2.80. The maximum atomic E-state index is 11.0. The Morgan fingerprint density at radius 3 is 2.83 bits per heavy atom. The van der Waals surface area contributed by atoms with Gasteiger partial charge in [-0.15, -0.1) is 0 Å². The first-order chi connectivity index (χ1) is 5.68. The molecule has 1 saturated heterocycles. The molecule has 1 fully saturated rings. The molecule has 3 heteroatoms. The van der Waals surface area contributed by atoms with Crippen molar-refractivity contribution in [3.8, 4) is 0 Å². The normalized spacial score (nSPS) is 21.1. The van der Waals surface area contributed by atoms with E-state index in [1.54, 1.807) is 0 Å². The van der Waals surface area contributed by atoms with Gasteiger partial charge in [-0.1, -0.05) is 13.8 Å². The summed E-state index contributed by atoms with van der Waals surface area (Å²) in [5, 5.41) is 0. The third-order valence-corrected chi connectivity index (χ3v) is 1.76. The third-order valence-electron chi connectivity index (χ3n) is 1.76. The Bertz CT molecular complexity index is 142. The van der Waals surface area contributed by atoms with Crippen LogP contribution in [0.15, 0.2) is 0 Å². The quantitative estimate of drug-likeness (QED) is 0.464. The summed E-state index contributed by atoms with van der Waals surface area (Å²) in [6, 6.07) is 0. The zero-order valence-corrected chi connectivity index (χ0v) is 7.71. The highest BCUT2D eigenvalue weighted by Crippen LogP contribution is 2.10. The van der Waals surface area contributed by atoms with Gasteiger partial charge in [0.2, 0.25) is 0 Å². The van der Waals surface area contributed by atoms with Gasteiger partial charge >= 0.3 is 5.97 Å². The second-order valence-electron chi connectivity index (χ2n) is 3.57. The lowest BCUT2D eigenvalue weighted by atomic mass is 10.1. The van der Waals surface area contributed by atoms with Crippen LogP contribution in [0, 0.1) is 5.92 Å². The number of hydrogen-bond acceptors (Lipinski definition) is 3. The fourth-order valence-corrected chi connectivity index (χ4v) is 0.829. The van der Waals surface area contributed by atoms with Crippen LogP contribution in [0.2, 0.25) is 0 Å². The Morgan fingerprint density at radius 1 is 1.67 bits per heavy atom. The van der Waals surface area contributed by atoms with Crippen LogP contribution in [0.3, 0.4) is 0 Å². The van der Waals surface area contributed by atoms with E-state index in [1.807, 2.05) is 0 Å². The Morgan fingerprint density at radius 2 is 2.33 bits per heavy atom. The van der Waals surface area contributed by atoms with Gasteiger partial charge in [0.05, 0.1) is 6.61 Å². The molecule has 1 atom stereocenters. The standard InChI is InChI=1S/C9H16O3/c1-7(2)3-4-9(10)12-6-8-5-11-8/h7-8H,3-6H2,1-2H3. The van der Waals surface area contributed by atoms with Crippen LogP contribution in [0.1, 0.15) is 26.7 Å². The van der Waals surface area contributed by atoms with E-state index in [-0.39, 0.29) is 12.1 Å². The summed E-state index contributed by atoms with van der Waals surface area (Å²) in [5.41, 5.74) is 0. The van der Waals surface area contributed by atoms with Crippen molar-refractivity contribution in [2.45, 2.75) is 32.8 Å². The average molecular weight is 172 g/mol. The summed E-state index contributed by atoms with van der Waals surface area (Å²) in [6.45, 7) is 5.38. The molecule has 1 heterocycles. The first kappa shape index (κ1) is 9.52. The summed E-state index contributed by atoms with van der Waals surface area (Å²) in [6.07, 6.45) is 1.63. The van der Waals surface area contributed by atoms with Gasteiger partial charge in [0.15, 0.2) is 0 Å². The van der Waals surface area contributed by atoms with E-state index in [0.717, 1.165) is 13.0 Å². The highest BCUT2D eigenvalue weighted by atomic mass is 16.6. The molecule has 0 amide bonds. The van der Waals surface area contributed by atoms with Gasteiger partial charge in [-0.3, -0.25) is 4.79 Å². The summed E-state index contributed by atoms with van der Waals surface area (Å²) in [5.74, 6) is 0.467. The Hall–Kier alpha value is -0.570. The number of hydrogen-bond donors (Lipinski definition) is 0. The SMILES string of the molecule is CC(C)CCC(=O)OCC1CO1. The van der Waals surface area contributed by atoms with E-state index >= 15 is 0 Å². The van der Waals surface area contributed by atoms with Gasteiger partial charge in [-0.25, -0.2) is 0 Å². The van der Waals surface area contributed by atoms with E-state index in [4.69, 9.17) is 9.47 Å². The molecular weight excluding hydrogens is 156 g/mol. The molecule has 3 nitrogen and oxygen atoms in total. The van der Waals surface area contributed by atoms with Crippen molar-refractivity contribution in [3.05, 3.63) is 0 Å². The van der Waals surface area contributed by atoms with Crippen LogP contribution in [0.5, 0.6) is 0 Å². The van der Waals surface area contributed by atoms with Crippen molar-refractivity contribution in [2.75, 3.05) is 13.2 Å². The Kier molecular flexibility index (Phi) is 3.53. The number of epoxide rings is 1. The van der Waals surface area contributed by atoms with E-state index in [9.17, 15) is 4.79 Å². The van der Waals surface area contributed by atoms with Crippen LogP contribution in [-0.2, 0) is 14.3 Å². The van der Waals surface area contributed by atoms with Crippen LogP contribution in [0.25, 0.3) is 0 Å². The molecule has 12 heavy (non-hydrogen) atoms. The molecule has 0 aromatic rings. The lowest BCUT2D eigenvalue weighted by molar-refractivity contribution is -0.144. The van der Waals surface area contributed by atoms with E-state index < -0.39 is 0 Å². The van der Waals surface area contributed by atoms with Crippen LogP contribution >= 0.6 is 0 Å². The molecule has 1 aliphatic heterocycles. The van der Waals surface area contributed by atoms with E-state index in [0.29, 0.717) is 18.9 Å². The van der Waals surface area contributed by atoms with Gasteiger partial charge < -0.3 is 9.47 Å². The molecular formula is C9H16O3. The number of carbonyl (C=O) groups is 1. The van der Waals surface area contributed by atoms with Crippen molar-refractivity contribution in [1.29, 1.82) is 0 Å². The van der Waals surface area contributed by atoms with Gasteiger partial charge in [0.1, 0.15) is 12.7 Å². The number of esters is 1. The summed E-state index contributed by atoms with van der Waals surface area (Å²) in [4.78, 5) is 11.0. The predicted molar refractivity (Wildman–Crippen MR) is 44.8 cm³/mol. The third kappa shape index (κ3) is 4.34. The summed E-state index contributed by atoms with van der Waals surface area (Å²) >= 11 is 0. The molecule has 0 aliphatic carbocycles. The summed E-state index contributed by atoms with van der Waals surface area (Å²) < 4.78 is 9.86.